The van der Waals surface area contributed by atoms with Gasteiger partial charge in [-0.3, -0.25) is 4.79 Å². The molecule has 0 bridgehead atoms. The van der Waals surface area contributed by atoms with Crippen molar-refractivity contribution in [3.05, 3.63) is 24.5 Å². The van der Waals surface area contributed by atoms with Gasteiger partial charge in [0, 0.05) is 25.2 Å². The van der Waals surface area contributed by atoms with Gasteiger partial charge in [0.15, 0.2) is 0 Å². The van der Waals surface area contributed by atoms with Crippen molar-refractivity contribution in [2.75, 3.05) is 13.1 Å². The van der Waals surface area contributed by atoms with E-state index in [1.807, 2.05) is 15.8 Å². The second-order valence-electron chi connectivity index (χ2n) is 5.09. The van der Waals surface area contributed by atoms with E-state index in [4.69, 9.17) is 0 Å². The SMILES string of the molecule is O=C([C@H]1CC=CCC1)N1CC[C@H](n2ccnn2)C1. The summed E-state index contributed by atoms with van der Waals surface area (Å²) in [5, 5.41) is 7.85. The molecule has 0 spiro atoms. The lowest BCUT2D eigenvalue weighted by atomic mass is 9.93. The van der Waals surface area contributed by atoms with Crippen LogP contribution < -0.4 is 0 Å². The maximum atomic E-state index is 12.4. The fourth-order valence-electron chi connectivity index (χ4n) is 2.85. The van der Waals surface area contributed by atoms with Crippen molar-refractivity contribution in [3.63, 3.8) is 0 Å². The highest BCUT2D eigenvalue weighted by Gasteiger charge is 2.31. The van der Waals surface area contributed by atoms with Gasteiger partial charge < -0.3 is 4.90 Å². The van der Waals surface area contributed by atoms with E-state index >= 15 is 0 Å². The summed E-state index contributed by atoms with van der Waals surface area (Å²) < 4.78 is 1.87. The molecule has 1 saturated heterocycles. The summed E-state index contributed by atoms with van der Waals surface area (Å²) in [4.78, 5) is 14.4. The van der Waals surface area contributed by atoms with E-state index in [0.29, 0.717) is 11.9 Å². The zero-order valence-electron chi connectivity index (χ0n) is 10.4. The summed E-state index contributed by atoms with van der Waals surface area (Å²) in [6, 6.07) is 0.301. The predicted octanol–water partition coefficient (Wildman–Crippen LogP) is 1.41. The van der Waals surface area contributed by atoms with Crippen LogP contribution in [0.1, 0.15) is 31.7 Å². The number of rotatable bonds is 2. The van der Waals surface area contributed by atoms with Gasteiger partial charge in [-0.2, -0.15) is 0 Å². The van der Waals surface area contributed by atoms with Gasteiger partial charge in [-0.05, 0) is 25.7 Å². The van der Waals surface area contributed by atoms with Crippen molar-refractivity contribution in [2.24, 2.45) is 5.92 Å². The van der Waals surface area contributed by atoms with Crippen LogP contribution in [-0.4, -0.2) is 38.9 Å². The second kappa shape index (κ2) is 4.92. The molecule has 1 aliphatic heterocycles. The Bertz CT molecular complexity index is 440. The third kappa shape index (κ3) is 2.17. The van der Waals surface area contributed by atoms with Crippen molar-refractivity contribution in [1.29, 1.82) is 0 Å². The van der Waals surface area contributed by atoms with Gasteiger partial charge in [0.05, 0.1) is 12.2 Å². The van der Waals surface area contributed by atoms with E-state index < -0.39 is 0 Å². The molecular formula is C13H18N4O. The minimum Gasteiger partial charge on any atom is -0.340 e. The van der Waals surface area contributed by atoms with E-state index in [2.05, 4.69) is 22.5 Å². The first-order chi connectivity index (χ1) is 8.84. The molecule has 18 heavy (non-hydrogen) atoms. The largest absolute Gasteiger partial charge is 0.340 e. The Morgan fingerprint density at radius 3 is 2.94 bits per heavy atom. The van der Waals surface area contributed by atoms with Gasteiger partial charge in [-0.15, -0.1) is 5.10 Å². The zero-order valence-corrected chi connectivity index (χ0v) is 10.4. The summed E-state index contributed by atoms with van der Waals surface area (Å²) in [7, 11) is 0. The van der Waals surface area contributed by atoms with Gasteiger partial charge in [-0.1, -0.05) is 17.4 Å². The Morgan fingerprint density at radius 2 is 2.22 bits per heavy atom. The van der Waals surface area contributed by atoms with E-state index in [1.54, 1.807) is 6.20 Å². The van der Waals surface area contributed by atoms with Gasteiger partial charge in [0.1, 0.15) is 0 Å². The highest BCUT2D eigenvalue weighted by atomic mass is 16.2. The van der Waals surface area contributed by atoms with Crippen molar-refractivity contribution in [2.45, 2.75) is 31.7 Å². The van der Waals surface area contributed by atoms with Crippen LogP contribution in [0.5, 0.6) is 0 Å². The predicted molar refractivity (Wildman–Crippen MR) is 66.7 cm³/mol. The van der Waals surface area contributed by atoms with Crippen LogP contribution in [-0.2, 0) is 4.79 Å². The first-order valence-corrected chi connectivity index (χ1v) is 6.64. The number of likely N-dealkylation sites (tertiary alicyclic amines) is 1. The third-order valence-corrected chi connectivity index (χ3v) is 3.91. The Balaban J connectivity index is 1.61. The van der Waals surface area contributed by atoms with E-state index in [0.717, 1.165) is 38.8 Å². The molecule has 0 saturated carbocycles. The van der Waals surface area contributed by atoms with Gasteiger partial charge in [0.2, 0.25) is 5.91 Å². The number of allylic oxidation sites excluding steroid dienone is 2. The van der Waals surface area contributed by atoms with Crippen LogP contribution in [0.15, 0.2) is 24.5 Å². The molecule has 1 aromatic heterocycles. The molecule has 0 unspecified atom stereocenters. The van der Waals surface area contributed by atoms with Crippen molar-refractivity contribution >= 4 is 5.91 Å². The summed E-state index contributed by atoms with van der Waals surface area (Å²) >= 11 is 0. The monoisotopic (exact) mass is 246 g/mol. The molecule has 0 aromatic carbocycles. The number of carbonyl (C=O) groups excluding carboxylic acids is 1. The minimum atomic E-state index is 0.199. The fourth-order valence-corrected chi connectivity index (χ4v) is 2.85. The molecule has 2 aliphatic rings. The van der Waals surface area contributed by atoms with Crippen LogP contribution >= 0.6 is 0 Å². The number of carbonyl (C=O) groups is 1. The molecular weight excluding hydrogens is 228 g/mol. The quantitative estimate of drug-likeness (QED) is 0.741. The molecule has 5 nitrogen and oxygen atoms in total. The molecule has 1 aromatic rings. The summed E-state index contributed by atoms with van der Waals surface area (Å²) in [5.74, 6) is 0.520. The van der Waals surface area contributed by atoms with Crippen LogP contribution in [0.4, 0.5) is 0 Å². The fraction of sp³-hybridized carbons (Fsp3) is 0.615. The van der Waals surface area contributed by atoms with Crippen LogP contribution in [0, 0.1) is 5.92 Å². The molecule has 1 aliphatic carbocycles. The molecule has 2 atom stereocenters. The normalized spacial score (nSPS) is 27.7. The number of nitrogens with zero attached hydrogens (tertiary/aromatic N) is 4. The molecule has 0 N–H and O–H groups in total. The maximum absolute atomic E-state index is 12.4. The van der Waals surface area contributed by atoms with Gasteiger partial charge in [-0.25, -0.2) is 4.68 Å². The maximum Gasteiger partial charge on any atom is 0.226 e. The second-order valence-corrected chi connectivity index (χ2v) is 5.09. The van der Waals surface area contributed by atoms with Crippen LogP contribution in [0.2, 0.25) is 0 Å². The molecule has 1 fully saturated rings. The van der Waals surface area contributed by atoms with E-state index in [-0.39, 0.29) is 5.92 Å². The first-order valence-electron chi connectivity index (χ1n) is 6.64. The Kier molecular flexibility index (Phi) is 3.13. The Hall–Kier alpha value is -1.65. The number of aromatic nitrogens is 3. The van der Waals surface area contributed by atoms with Crippen LogP contribution in [0.25, 0.3) is 0 Å². The van der Waals surface area contributed by atoms with Crippen LogP contribution in [0.3, 0.4) is 0 Å². The molecule has 1 amide bonds. The van der Waals surface area contributed by atoms with Crippen molar-refractivity contribution in [1.82, 2.24) is 19.9 Å². The van der Waals surface area contributed by atoms with Gasteiger partial charge in [0.25, 0.3) is 0 Å². The highest BCUT2D eigenvalue weighted by Crippen LogP contribution is 2.26. The lowest BCUT2D eigenvalue weighted by Gasteiger charge is -2.24. The topological polar surface area (TPSA) is 51.0 Å². The molecule has 2 heterocycles. The lowest BCUT2D eigenvalue weighted by Crippen LogP contribution is -2.35. The zero-order chi connectivity index (χ0) is 12.4. The Labute approximate surface area is 106 Å². The smallest absolute Gasteiger partial charge is 0.226 e. The minimum absolute atomic E-state index is 0.199. The summed E-state index contributed by atoms with van der Waals surface area (Å²) in [6.07, 6.45) is 11.8. The molecule has 5 heteroatoms. The Morgan fingerprint density at radius 1 is 1.28 bits per heavy atom. The summed E-state index contributed by atoms with van der Waals surface area (Å²) in [5.41, 5.74) is 0. The lowest BCUT2D eigenvalue weighted by molar-refractivity contribution is -0.134. The number of amides is 1. The van der Waals surface area contributed by atoms with E-state index in [1.165, 1.54) is 0 Å². The standard InChI is InChI=1S/C13H18N4O/c18-13(11-4-2-1-3-5-11)16-8-6-12(10-16)17-9-7-14-15-17/h1-2,7,9,11-12H,3-6,8,10H2/t11-,12-/m0/s1. The van der Waals surface area contributed by atoms with Gasteiger partial charge >= 0.3 is 0 Å². The molecule has 96 valence electrons. The molecule has 3 rings (SSSR count). The number of hydrogen-bond donors (Lipinski definition) is 0. The van der Waals surface area contributed by atoms with Crippen molar-refractivity contribution < 1.29 is 4.79 Å². The van der Waals surface area contributed by atoms with Crippen molar-refractivity contribution in [3.8, 4) is 0 Å². The number of hydrogen-bond acceptors (Lipinski definition) is 3. The van der Waals surface area contributed by atoms with E-state index in [9.17, 15) is 4.79 Å². The highest BCUT2D eigenvalue weighted by molar-refractivity contribution is 5.79. The average molecular weight is 246 g/mol. The molecule has 0 radical (unpaired) electrons. The average Bonchev–Trinajstić information content (AvgIpc) is 3.09. The summed E-state index contributed by atoms with van der Waals surface area (Å²) in [6.45, 7) is 1.63. The third-order valence-electron chi connectivity index (χ3n) is 3.91. The first kappa shape index (κ1) is 11.4.